The average molecular weight is 281 g/mol. The molecule has 1 aromatic rings. The first-order chi connectivity index (χ1) is 9.31. The summed E-state index contributed by atoms with van der Waals surface area (Å²) in [7, 11) is 3.89. The fourth-order valence-electron chi connectivity index (χ4n) is 2.83. The molecule has 0 spiro atoms. The van der Waals surface area contributed by atoms with Gasteiger partial charge in [-0.05, 0) is 26.4 Å². The van der Waals surface area contributed by atoms with Crippen molar-refractivity contribution in [2.24, 2.45) is 0 Å². The summed E-state index contributed by atoms with van der Waals surface area (Å²) in [5.74, 6) is -0.186. The number of aliphatic hydroxyl groups is 1. The summed E-state index contributed by atoms with van der Waals surface area (Å²) in [4.78, 5) is 8.20. The van der Waals surface area contributed by atoms with E-state index >= 15 is 0 Å². The van der Waals surface area contributed by atoms with Crippen molar-refractivity contribution in [3.63, 3.8) is 0 Å². The molecule has 1 unspecified atom stereocenters. The van der Waals surface area contributed by atoms with Crippen molar-refractivity contribution in [2.75, 3.05) is 38.6 Å². The van der Waals surface area contributed by atoms with Crippen LogP contribution in [0.2, 0.25) is 0 Å². The number of nitrogens with zero attached hydrogens (tertiary/aromatic N) is 3. The van der Waals surface area contributed by atoms with Crippen molar-refractivity contribution in [3.05, 3.63) is 23.8 Å². The molecule has 1 fully saturated rings. The number of rotatable bonds is 4. The maximum Gasteiger partial charge on any atom is 0.147 e. The van der Waals surface area contributed by atoms with Crippen LogP contribution in [0.3, 0.4) is 0 Å². The Morgan fingerprint density at radius 3 is 2.75 bits per heavy atom. The lowest BCUT2D eigenvalue weighted by Crippen LogP contribution is -2.42. The molecule has 1 atom stereocenters. The largest absolute Gasteiger partial charge is 0.387 e. The zero-order valence-electron chi connectivity index (χ0n) is 12.7. The Morgan fingerprint density at radius 2 is 2.20 bits per heavy atom. The van der Waals surface area contributed by atoms with Crippen LogP contribution in [0.25, 0.3) is 0 Å². The second-order valence-electron chi connectivity index (χ2n) is 6.35. The zero-order chi connectivity index (χ0) is 14.9. The van der Waals surface area contributed by atoms with Crippen molar-refractivity contribution in [1.29, 1.82) is 0 Å². The van der Waals surface area contributed by atoms with Gasteiger partial charge in [0, 0.05) is 25.7 Å². The van der Waals surface area contributed by atoms with E-state index in [4.69, 9.17) is 0 Å². The maximum absolute atomic E-state index is 14.0. The third kappa shape index (κ3) is 3.27. The van der Waals surface area contributed by atoms with Crippen molar-refractivity contribution in [3.8, 4) is 0 Å². The Labute approximate surface area is 120 Å². The van der Waals surface area contributed by atoms with Gasteiger partial charge in [0.05, 0.1) is 23.2 Å². The zero-order valence-corrected chi connectivity index (χ0v) is 12.7. The topological polar surface area (TPSA) is 39.6 Å². The van der Waals surface area contributed by atoms with Crippen molar-refractivity contribution in [1.82, 2.24) is 9.88 Å². The molecule has 112 valence electrons. The molecule has 1 aliphatic rings. The molecule has 2 rings (SSSR count). The summed E-state index contributed by atoms with van der Waals surface area (Å²) in [5.41, 5.74) is 0.523. The molecule has 0 saturated carbocycles. The first-order valence-corrected chi connectivity index (χ1v) is 7.08. The Balaban J connectivity index is 2.12. The molecular weight excluding hydrogens is 257 g/mol. The molecule has 1 N–H and O–H groups in total. The van der Waals surface area contributed by atoms with Gasteiger partial charge in [-0.25, -0.2) is 4.39 Å². The molecule has 0 aliphatic carbocycles. The molecule has 20 heavy (non-hydrogen) atoms. The Kier molecular flexibility index (Phi) is 4.30. The van der Waals surface area contributed by atoms with E-state index in [2.05, 4.69) is 4.98 Å². The second-order valence-corrected chi connectivity index (χ2v) is 6.35. The molecule has 5 heteroatoms. The summed E-state index contributed by atoms with van der Waals surface area (Å²) in [6.07, 6.45) is 2.40. The van der Waals surface area contributed by atoms with Crippen LogP contribution in [0.15, 0.2) is 12.3 Å². The van der Waals surface area contributed by atoms with Gasteiger partial charge >= 0.3 is 0 Å². The third-order valence-electron chi connectivity index (χ3n) is 3.71. The van der Waals surface area contributed by atoms with Crippen LogP contribution in [0, 0.1) is 5.82 Å². The van der Waals surface area contributed by atoms with Gasteiger partial charge < -0.3 is 14.9 Å². The molecule has 1 saturated heterocycles. The van der Waals surface area contributed by atoms with E-state index in [1.807, 2.05) is 37.7 Å². The number of anilines is 1. The van der Waals surface area contributed by atoms with Crippen molar-refractivity contribution in [2.45, 2.75) is 31.8 Å². The highest BCUT2D eigenvalue weighted by Crippen LogP contribution is 2.28. The molecule has 4 nitrogen and oxygen atoms in total. The van der Waals surface area contributed by atoms with Crippen LogP contribution in [0.5, 0.6) is 0 Å². The molecule has 0 radical (unpaired) electrons. The van der Waals surface area contributed by atoms with Gasteiger partial charge in [-0.1, -0.05) is 13.8 Å². The van der Waals surface area contributed by atoms with Crippen LogP contribution in [0.4, 0.5) is 10.1 Å². The van der Waals surface area contributed by atoms with E-state index in [9.17, 15) is 9.50 Å². The Bertz CT molecular complexity index is 478. The average Bonchev–Trinajstić information content (AvgIpc) is 2.69. The fraction of sp³-hybridized carbons (Fsp3) is 0.667. The number of pyridine rings is 1. The molecule has 0 bridgehead atoms. The van der Waals surface area contributed by atoms with Crippen LogP contribution in [-0.2, 0) is 0 Å². The summed E-state index contributed by atoms with van der Waals surface area (Å²) >= 11 is 0. The lowest BCUT2D eigenvalue weighted by Gasteiger charge is -2.27. The normalized spacial score (nSPS) is 23.1. The first-order valence-electron chi connectivity index (χ1n) is 7.08. The van der Waals surface area contributed by atoms with E-state index in [-0.39, 0.29) is 11.7 Å². The van der Waals surface area contributed by atoms with Crippen molar-refractivity contribution >= 4 is 5.69 Å². The number of β-amino-alcohol motifs (C(OH)–C–C–N with tert-alkyl or cyclic N) is 1. The molecule has 1 aliphatic heterocycles. The van der Waals surface area contributed by atoms with E-state index < -0.39 is 5.60 Å². The molecule has 1 aromatic heterocycles. The number of halogens is 1. The van der Waals surface area contributed by atoms with E-state index in [0.29, 0.717) is 25.2 Å². The summed E-state index contributed by atoms with van der Waals surface area (Å²) in [5, 5.41) is 10.5. The lowest BCUT2D eigenvalue weighted by atomic mass is 10.0. The predicted octanol–water partition coefficient (Wildman–Crippen LogP) is 1.85. The lowest BCUT2D eigenvalue weighted by molar-refractivity contribution is 0.0366. The summed E-state index contributed by atoms with van der Waals surface area (Å²) in [6.45, 7) is 5.72. The Hall–Kier alpha value is -1.20. The second kappa shape index (κ2) is 5.66. The minimum atomic E-state index is -0.726. The van der Waals surface area contributed by atoms with Crippen LogP contribution >= 0.6 is 0 Å². The minimum absolute atomic E-state index is 0.0771. The van der Waals surface area contributed by atoms with E-state index in [0.717, 1.165) is 12.2 Å². The third-order valence-corrected chi connectivity index (χ3v) is 3.71. The Morgan fingerprint density at radius 1 is 1.50 bits per heavy atom. The number of likely N-dealkylation sites (N-methyl/N-ethyl adjacent to an activating group) is 1. The molecule has 0 aromatic carbocycles. The maximum atomic E-state index is 14.0. The van der Waals surface area contributed by atoms with Gasteiger partial charge in [0.15, 0.2) is 0 Å². The molecule has 0 amide bonds. The smallest absolute Gasteiger partial charge is 0.147 e. The highest BCUT2D eigenvalue weighted by molar-refractivity contribution is 5.47. The number of aromatic nitrogens is 1. The number of hydrogen-bond acceptors (Lipinski definition) is 4. The number of hydrogen-bond donors (Lipinski definition) is 1. The highest BCUT2D eigenvalue weighted by Gasteiger charge is 2.36. The van der Waals surface area contributed by atoms with Crippen LogP contribution in [-0.4, -0.2) is 54.3 Å². The van der Waals surface area contributed by atoms with Gasteiger partial charge in [-0.3, -0.25) is 4.98 Å². The first kappa shape index (κ1) is 15.2. The SMILES string of the molecule is CC(C)c1ncc(N2CCC(O)(CN(C)C)C2)cc1F. The van der Waals surface area contributed by atoms with Crippen LogP contribution in [0.1, 0.15) is 31.9 Å². The van der Waals surface area contributed by atoms with Gasteiger partial charge in [0.25, 0.3) is 0 Å². The molecule has 2 heterocycles. The monoisotopic (exact) mass is 281 g/mol. The fourth-order valence-corrected chi connectivity index (χ4v) is 2.83. The van der Waals surface area contributed by atoms with Gasteiger partial charge in [-0.15, -0.1) is 0 Å². The standard InChI is InChI=1S/C15H24FN3O/c1-11(2)14-13(16)7-12(8-17-14)19-6-5-15(20,10-19)9-18(3)4/h7-8,11,20H,5-6,9-10H2,1-4H3. The quantitative estimate of drug-likeness (QED) is 0.914. The van der Waals surface area contributed by atoms with Gasteiger partial charge in [0.1, 0.15) is 5.82 Å². The van der Waals surface area contributed by atoms with Crippen LogP contribution < -0.4 is 4.90 Å². The summed E-state index contributed by atoms with van der Waals surface area (Å²) < 4.78 is 14.0. The molecular formula is C15H24FN3O. The van der Waals surface area contributed by atoms with E-state index in [1.165, 1.54) is 6.07 Å². The van der Waals surface area contributed by atoms with Gasteiger partial charge in [0.2, 0.25) is 0 Å². The minimum Gasteiger partial charge on any atom is -0.387 e. The van der Waals surface area contributed by atoms with Gasteiger partial charge in [-0.2, -0.15) is 0 Å². The highest BCUT2D eigenvalue weighted by atomic mass is 19.1. The summed E-state index contributed by atoms with van der Waals surface area (Å²) in [6, 6.07) is 1.53. The van der Waals surface area contributed by atoms with E-state index in [1.54, 1.807) is 6.20 Å². The predicted molar refractivity (Wildman–Crippen MR) is 78.6 cm³/mol. The van der Waals surface area contributed by atoms with Crippen molar-refractivity contribution < 1.29 is 9.50 Å².